The fourth-order valence-electron chi connectivity index (χ4n) is 2.43. The number of carbonyl (C=O) groups is 2. The first-order chi connectivity index (χ1) is 10.9. The number of amides is 1. The summed E-state index contributed by atoms with van der Waals surface area (Å²) in [5.74, 6) is -0.255. The second-order valence-electron chi connectivity index (χ2n) is 5.78. The first-order valence-corrected chi connectivity index (χ1v) is 7.46. The highest BCUT2D eigenvalue weighted by Gasteiger charge is 2.16. The van der Waals surface area contributed by atoms with Crippen molar-refractivity contribution in [1.29, 1.82) is 0 Å². The van der Waals surface area contributed by atoms with Gasteiger partial charge in [0.05, 0.1) is 13.0 Å². The van der Waals surface area contributed by atoms with Gasteiger partial charge in [0.2, 0.25) is 0 Å². The summed E-state index contributed by atoms with van der Waals surface area (Å²) in [6.07, 6.45) is 3.52. The molecule has 1 N–H and O–H groups in total. The smallest absolute Gasteiger partial charge is 0.307 e. The van der Waals surface area contributed by atoms with Crippen LogP contribution in [0, 0.1) is 0 Å². The summed E-state index contributed by atoms with van der Waals surface area (Å²) >= 11 is 0. The van der Waals surface area contributed by atoms with E-state index in [9.17, 15) is 9.59 Å². The van der Waals surface area contributed by atoms with Crippen LogP contribution in [0.2, 0.25) is 0 Å². The van der Waals surface area contributed by atoms with Gasteiger partial charge in [-0.2, -0.15) is 0 Å². The van der Waals surface area contributed by atoms with Crippen molar-refractivity contribution in [2.45, 2.75) is 32.9 Å². The molecule has 122 valence electrons. The normalized spacial score (nSPS) is 10.8. The predicted molar refractivity (Wildman–Crippen MR) is 86.2 cm³/mol. The number of carboxylic acid groups (broad SMARTS) is 1. The van der Waals surface area contributed by atoms with Crippen molar-refractivity contribution in [2.24, 2.45) is 0 Å². The van der Waals surface area contributed by atoms with Crippen molar-refractivity contribution < 1.29 is 14.7 Å². The van der Waals surface area contributed by atoms with Crippen LogP contribution in [0.15, 0.2) is 36.7 Å². The Hall–Kier alpha value is -2.63. The standard InChI is InChI=1S/C17H21N3O3/c1-12(2)20-8-7-18-15(20)11-19(3)17(23)14-6-4-5-13(9-14)10-16(21)22/h4-9,12H,10-11H2,1-3H3,(H,21,22). The third-order valence-electron chi connectivity index (χ3n) is 3.56. The molecule has 1 aromatic carbocycles. The monoisotopic (exact) mass is 315 g/mol. The Morgan fingerprint density at radius 1 is 1.35 bits per heavy atom. The average molecular weight is 315 g/mol. The highest BCUT2D eigenvalue weighted by atomic mass is 16.4. The van der Waals surface area contributed by atoms with Crippen molar-refractivity contribution in [2.75, 3.05) is 7.05 Å². The lowest BCUT2D eigenvalue weighted by molar-refractivity contribution is -0.136. The number of imidazole rings is 1. The Morgan fingerprint density at radius 2 is 2.09 bits per heavy atom. The molecular formula is C17H21N3O3. The molecule has 6 heteroatoms. The molecule has 0 fully saturated rings. The van der Waals surface area contributed by atoms with E-state index in [-0.39, 0.29) is 18.4 Å². The summed E-state index contributed by atoms with van der Waals surface area (Å²) in [6.45, 7) is 4.51. The third-order valence-corrected chi connectivity index (χ3v) is 3.56. The molecule has 23 heavy (non-hydrogen) atoms. The van der Waals surface area contributed by atoms with Crippen molar-refractivity contribution in [1.82, 2.24) is 14.5 Å². The largest absolute Gasteiger partial charge is 0.481 e. The van der Waals surface area contributed by atoms with Crippen LogP contribution in [-0.2, 0) is 17.8 Å². The van der Waals surface area contributed by atoms with Crippen LogP contribution in [0.5, 0.6) is 0 Å². The van der Waals surface area contributed by atoms with Gasteiger partial charge in [-0.15, -0.1) is 0 Å². The van der Waals surface area contributed by atoms with E-state index < -0.39 is 5.97 Å². The highest BCUT2D eigenvalue weighted by Crippen LogP contribution is 2.13. The lowest BCUT2D eigenvalue weighted by atomic mass is 10.1. The molecule has 2 aromatic rings. The van der Waals surface area contributed by atoms with Gasteiger partial charge in [-0.1, -0.05) is 12.1 Å². The van der Waals surface area contributed by atoms with Crippen LogP contribution in [0.3, 0.4) is 0 Å². The maximum Gasteiger partial charge on any atom is 0.307 e. The summed E-state index contributed by atoms with van der Waals surface area (Å²) in [6, 6.07) is 7.00. The average Bonchev–Trinajstić information content (AvgIpc) is 2.94. The molecule has 1 amide bonds. The van der Waals surface area contributed by atoms with E-state index >= 15 is 0 Å². The first-order valence-electron chi connectivity index (χ1n) is 7.46. The maximum atomic E-state index is 12.5. The van der Waals surface area contributed by atoms with Gasteiger partial charge in [-0.3, -0.25) is 9.59 Å². The van der Waals surface area contributed by atoms with Crippen molar-refractivity contribution in [3.63, 3.8) is 0 Å². The quantitative estimate of drug-likeness (QED) is 0.888. The minimum Gasteiger partial charge on any atom is -0.481 e. The van der Waals surface area contributed by atoms with Crippen LogP contribution < -0.4 is 0 Å². The summed E-state index contributed by atoms with van der Waals surface area (Å²) in [4.78, 5) is 29.2. The number of rotatable bonds is 6. The number of hydrogen-bond acceptors (Lipinski definition) is 3. The number of aliphatic carboxylic acids is 1. The number of aromatic nitrogens is 2. The molecule has 0 aliphatic carbocycles. The first kappa shape index (κ1) is 16.7. The van der Waals surface area contributed by atoms with Gasteiger partial charge in [0.1, 0.15) is 5.82 Å². The fraction of sp³-hybridized carbons (Fsp3) is 0.353. The lowest BCUT2D eigenvalue weighted by Crippen LogP contribution is -2.28. The Balaban J connectivity index is 2.13. The van der Waals surface area contributed by atoms with E-state index in [0.29, 0.717) is 17.7 Å². The predicted octanol–water partition coefficient (Wildman–Crippen LogP) is 2.36. The van der Waals surface area contributed by atoms with Crippen LogP contribution in [0.4, 0.5) is 0 Å². The molecule has 0 saturated carbocycles. The Bertz CT molecular complexity index is 707. The molecule has 2 rings (SSSR count). The number of carbonyl (C=O) groups excluding carboxylic acids is 1. The molecule has 1 aromatic heterocycles. The molecule has 0 aliphatic heterocycles. The van der Waals surface area contributed by atoms with E-state index in [2.05, 4.69) is 18.8 Å². The minimum absolute atomic E-state index is 0.0947. The minimum atomic E-state index is -0.915. The number of benzene rings is 1. The van der Waals surface area contributed by atoms with E-state index in [1.54, 1.807) is 42.4 Å². The molecule has 0 bridgehead atoms. The Morgan fingerprint density at radius 3 is 2.74 bits per heavy atom. The zero-order valence-corrected chi connectivity index (χ0v) is 13.6. The second kappa shape index (κ2) is 7.09. The summed E-state index contributed by atoms with van der Waals surface area (Å²) in [5, 5.41) is 8.85. The SMILES string of the molecule is CC(C)n1ccnc1CN(C)C(=O)c1cccc(CC(=O)O)c1. The number of carboxylic acids is 1. The molecule has 0 atom stereocenters. The molecular weight excluding hydrogens is 294 g/mol. The van der Waals surface area contributed by atoms with E-state index in [0.717, 1.165) is 5.82 Å². The highest BCUT2D eigenvalue weighted by molar-refractivity contribution is 5.94. The molecule has 0 spiro atoms. The van der Waals surface area contributed by atoms with Gasteiger partial charge in [-0.05, 0) is 31.5 Å². The Kier molecular flexibility index (Phi) is 5.16. The molecule has 0 radical (unpaired) electrons. The van der Waals surface area contributed by atoms with Gasteiger partial charge in [0.25, 0.3) is 5.91 Å². The van der Waals surface area contributed by atoms with Gasteiger partial charge in [0, 0.05) is 31.0 Å². The van der Waals surface area contributed by atoms with Crippen LogP contribution in [0.25, 0.3) is 0 Å². The maximum absolute atomic E-state index is 12.5. The molecule has 6 nitrogen and oxygen atoms in total. The molecule has 0 saturated heterocycles. The van der Waals surface area contributed by atoms with Gasteiger partial charge < -0.3 is 14.6 Å². The van der Waals surface area contributed by atoms with Crippen LogP contribution >= 0.6 is 0 Å². The van der Waals surface area contributed by atoms with E-state index in [1.165, 1.54) is 0 Å². The van der Waals surface area contributed by atoms with E-state index in [1.807, 2.05) is 10.8 Å². The molecule has 0 unspecified atom stereocenters. The number of nitrogens with zero attached hydrogens (tertiary/aromatic N) is 3. The summed E-state index contributed by atoms with van der Waals surface area (Å²) in [7, 11) is 1.71. The van der Waals surface area contributed by atoms with Crippen molar-refractivity contribution in [3.8, 4) is 0 Å². The van der Waals surface area contributed by atoms with Gasteiger partial charge >= 0.3 is 5.97 Å². The Labute approximate surface area is 135 Å². The second-order valence-corrected chi connectivity index (χ2v) is 5.78. The van der Waals surface area contributed by atoms with Crippen molar-refractivity contribution in [3.05, 3.63) is 53.6 Å². The lowest BCUT2D eigenvalue weighted by Gasteiger charge is -2.19. The molecule has 0 aliphatic rings. The van der Waals surface area contributed by atoms with Crippen molar-refractivity contribution >= 4 is 11.9 Å². The topological polar surface area (TPSA) is 75.4 Å². The van der Waals surface area contributed by atoms with E-state index in [4.69, 9.17) is 5.11 Å². The van der Waals surface area contributed by atoms with Crippen LogP contribution in [-0.4, -0.2) is 38.5 Å². The summed E-state index contributed by atoms with van der Waals surface area (Å²) < 4.78 is 2.02. The summed E-state index contributed by atoms with van der Waals surface area (Å²) in [5.41, 5.74) is 1.09. The van der Waals surface area contributed by atoms with Gasteiger partial charge in [0.15, 0.2) is 0 Å². The fourth-order valence-corrected chi connectivity index (χ4v) is 2.43. The zero-order valence-electron chi connectivity index (χ0n) is 13.6. The molecule has 1 heterocycles. The van der Waals surface area contributed by atoms with Gasteiger partial charge in [-0.25, -0.2) is 4.98 Å². The third kappa shape index (κ3) is 4.18. The zero-order chi connectivity index (χ0) is 17.0. The van der Waals surface area contributed by atoms with Crippen LogP contribution in [0.1, 0.15) is 41.6 Å². The number of hydrogen-bond donors (Lipinski definition) is 1.